The van der Waals surface area contributed by atoms with Gasteiger partial charge >= 0.3 is 0 Å². The Morgan fingerprint density at radius 2 is 1.90 bits per heavy atom. The lowest BCUT2D eigenvalue weighted by Crippen LogP contribution is -1.97. The van der Waals surface area contributed by atoms with Gasteiger partial charge in [-0.25, -0.2) is 0 Å². The van der Waals surface area contributed by atoms with Gasteiger partial charge in [0, 0.05) is 0 Å². The first-order valence-electron chi connectivity index (χ1n) is 4.66. The maximum Gasteiger partial charge on any atom is -0.0266 e. The first-order valence-corrected chi connectivity index (χ1v) is 4.66. The predicted octanol–water partition coefficient (Wildman–Crippen LogP) is 3.47. The van der Waals surface area contributed by atoms with Crippen LogP contribution in [0.2, 0.25) is 0 Å². The minimum Gasteiger partial charge on any atom is -0.0654 e. The van der Waals surface area contributed by atoms with Crippen molar-refractivity contribution >= 4 is 0 Å². The van der Waals surface area contributed by atoms with E-state index in [0.717, 1.165) is 17.3 Å². The van der Waals surface area contributed by atoms with E-state index in [4.69, 9.17) is 0 Å². The second kappa shape index (κ2) is 2.56. The Bertz CT molecular complexity index is 117. The summed E-state index contributed by atoms with van der Waals surface area (Å²) in [5.74, 6) is 2.03. The van der Waals surface area contributed by atoms with Gasteiger partial charge in [0.05, 0.1) is 0 Å². The van der Waals surface area contributed by atoms with Crippen LogP contribution in [0.3, 0.4) is 0 Å². The van der Waals surface area contributed by atoms with Gasteiger partial charge in [-0.1, -0.05) is 40.5 Å². The van der Waals surface area contributed by atoms with Crippen LogP contribution >= 0.6 is 0 Å². The molecule has 0 aromatic rings. The fourth-order valence-corrected chi connectivity index (χ4v) is 2.68. The van der Waals surface area contributed by atoms with Crippen LogP contribution in [0.15, 0.2) is 0 Å². The molecule has 0 spiro atoms. The van der Waals surface area contributed by atoms with Crippen LogP contribution in [-0.4, -0.2) is 0 Å². The van der Waals surface area contributed by atoms with Crippen LogP contribution in [-0.2, 0) is 0 Å². The largest absolute Gasteiger partial charge is 0.0654 e. The van der Waals surface area contributed by atoms with Gasteiger partial charge in [-0.05, 0) is 23.7 Å². The van der Waals surface area contributed by atoms with Gasteiger partial charge in [-0.15, -0.1) is 0 Å². The van der Waals surface area contributed by atoms with Gasteiger partial charge in [-0.2, -0.15) is 0 Å². The van der Waals surface area contributed by atoms with Crippen LogP contribution in [0.1, 0.15) is 47.0 Å². The highest BCUT2D eigenvalue weighted by atomic mass is 14.6. The summed E-state index contributed by atoms with van der Waals surface area (Å²) in [4.78, 5) is 0. The Hall–Kier alpha value is 0. The molecule has 0 saturated heterocycles. The Morgan fingerprint density at radius 3 is 2.20 bits per heavy atom. The molecule has 0 bridgehead atoms. The zero-order chi connectivity index (χ0) is 7.78. The molecule has 3 unspecified atom stereocenters. The van der Waals surface area contributed by atoms with E-state index in [9.17, 15) is 0 Å². The zero-order valence-electron chi connectivity index (χ0n) is 7.78. The van der Waals surface area contributed by atoms with Gasteiger partial charge in [0.2, 0.25) is 0 Å². The second-order valence-corrected chi connectivity index (χ2v) is 4.06. The summed E-state index contributed by atoms with van der Waals surface area (Å²) in [5, 5.41) is 0. The van der Waals surface area contributed by atoms with Gasteiger partial charge < -0.3 is 0 Å². The van der Waals surface area contributed by atoms with E-state index < -0.39 is 0 Å². The molecule has 0 N–H and O–H groups in total. The van der Waals surface area contributed by atoms with E-state index >= 15 is 0 Å². The Balaban J connectivity index is 2.42. The van der Waals surface area contributed by atoms with E-state index in [1.165, 1.54) is 19.3 Å². The van der Waals surface area contributed by atoms with Crippen LogP contribution in [0.5, 0.6) is 0 Å². The van der Waals surface area contributed by atoms with Crippen molar-refractivity contribution in [3.63, 3.8) is 0 Å². The van der Waals surface area contributed by atoms with Crippen molar-refractivity contribution in [3.05, 3.63) is 0 Å². The van der Waals surface area contributed by atoms with Crippen LogP contribution in [0.4, 0.5) is 0 Å². The molecule has 0 amide bonds. The predicted molar refractivity (Wildman–Crippen MR) is 46.0 cm³/mol. The molecule has 0 aromatic carbocycles. The summed E-state index contributed by atoms with van der Waals surface area (Å²) in [6, 6.07) is 0. The minimum absolute atomic E-state index is 0.726. The third-order valence-corrected chi connectivity index (χ3v) is 3.61. The lowest BCUT2D eigenvalue weighted by molar-refractivity contribution is 0.434. The van der Waals surface area contributed by atoms with Gasteiger partial charge in [-0.3, -0.25) is 0 Å². The molecule has 1 aliphatic carbocycles. The maximum atomic E-state index is 2.45. The smallest absolute Gasteiger partial charge is 0.0266 e. The normalized spacial score (nSPS) is 45.6. The van der Waals surface area contributed by atoms with E-state index in [1.807, 2.05) is 0 Å². The Kier molecular flexibility index (Phi) is 2.07. The molecule has 0 heterocycles. The van der Waals surface area contributed by atoms with E-state index in [1.54, 1.807) is 0 Å². The average molecular weight is 140 g/mol. The third-order valence-electron chi connectivity index (χ3n) is 3.61. The van der Waals surface area contributed by atoms with Gasteiger partial charge in [0.1, 0.15) is 0 Å². The summed E-state index contributed by atoms with van der Waals surface area (Å²) in [6.07, 6.45) is 4.18. The molecular weight excluding hydrogens is 120 g/mol. The summed E-state index contributed by atoms with van der Waals surface area (Å²) in [6.45, 7) is 9.48. The summed E-state index contributed by atoms with van der Waals surface area (Å²) in [7, 11) is 0. The Morgan fingerprint density at radius 1 is 1.30 bits per heavy atom. The highest BCUT2D eigenvalue weighted by molar-refractivity contribution is 5.03. The number of hydrogen-bond donors (Lipinski definition) is 0. The van der Waals surface area contributed by atoms with Crippen molar-refractivity contribution in [2.75, 3.05) is 0 Å². The van der Waals surface area contributed by atoms with Crippen molar-refractivity contribution in [3.8, 4) is 0 Å². The molecule has 1 rings (SSSR count). The zero-order valence-corrected chi connectivity index (χ0v) is 7.78. The first kappa shape index (κ1) is 8.10. The van der Waals surface area contributed by atoms with E-state index in [2.05, 4.69) is 27.7 Å². The quantitative estimate of drug-likeness (QED) is 0.563. The molecule has 0 aliphatic heterocycles. The highest BCUT2D eigenvalue weighted by Gasteiger charge is 2.55. The number of rotatable bonds is 3. The summed E-state index contributed by atoms with van der Waals surface area (Å²) < 4.78 is 0. The van der Waals surface area contributed by atoms with Crippen molar-refractivity contribution in [1.29, 1.82) is 0 Å². The molecule has 3 atom stereocenters. The molecule has 1 fully saturated rings. The molecule has 1 aliphatic rings. The summed E-state index contributed by atoms with van der Waals surface area (Å²) >= 11 is 0. The van der Waals surface area contributed by atoms with Crippen molar-refractivity contribution in [2.24, 2.45) is 17.3 Å². The minimum atomic E-state index is 0.726. The Labute approximate surface area is 65.0 Å². The standard InChI is InChI=1S/C10H20/c1-5-7-10(4)8(3)9(10)6-2/h8-9H,5-7H2,1-4H3. The van der Waals surface area contributed by atoms with E-state index in [-0.39, 0.29) is 0 Å². The molecule has 60 valence electrons. The molecular formula is C10H20. The SMILES string of the molecule is CCCC1(C)C(C)C1CC. The third kappa shape index (κ3) is 0.980. The molecule has 10 heavy (non-hydrogen) atoms. The first-order chi connectivity index (χ1) is 4.66. The highest BCUT2D eigenvalue weighted by Crippen LogP contribution is 2.62. The van der Waals surface area contributed by atoms with Crippen LogP contribution < -0.4 is 0 Å². The van der Waals surface area contributed by atoms with Gasteiger partial charge in [0.15, 0.2) is 0 Å². The van der Waals surface area contributed by atoms with Gasteiger partial charge in [0.25, 0.3) is 0 Å². The van der Waals surface area contributed by atoms with E-state index in [0.29, 0.717) is 0 Å². The molecule has 0 heteroatoms. The van der Waals surface area contributed by atoms with Crippen molar-refractivity contribution in [2.45, 2.75) is 47.0 Å². The van der Waals surface area contributed by atoms with Crippen LogP contribution in [0, 0.1) is 17.3 Å². The fourth-order valence-electron chi connectivity index (χ4n) is 2.68. The van der Waals surface area contributed by atoms with Crippen LogP contribution in [0.25, 0.3) is 0 Å². The molecule has 0 aromatic heterocycles. The maximum absolute atomic E-state index is 2.45. The second-order valence-electron chi connectivity index (χ2n) is 4.06. The fraction of sp³-hybridized carbons (Fsp3) is 1.00. The van der Waals surface area contributed by atoms with Crippen molar-refractivity contribution in [1.82, 2.24) is 0 Å². The average Bonchev–Trinajstić information content (AvgIpc) is 2.37. The molecule has 0 radical (unpaired) electrons. The summed E-state index contributed by atoms with van der Waals surface area (Å²) in [5.41, 5.74) is 0.726. The topological polar surface area (TPSA) is 0 Å². The molecule has 0 nitrogen and oxygen atoms in total. The number of hydrogen-bond acceptors (Lipinski definition) is 0. The van der Waals surface area contributed by atoms with Crippen molar-refractivity contribution < 1.29 is 0 Å². The monoisotopic (exact) mass is 140 g/mol. The lowest BCUT2D eigenvalue weighted by atomic mass is 9.98. The lowest BCUT2D eigenvalue weighted by Gasteiger charge is -2.07. The molecule has 1 saturated carbocycles.